The summed E-state index contributed by atoms with van der Waals surface area (Å²) in [4.78, 5) is 29.9. The molecule has 0 radical (unpaired) electrons. The molecule has 0 saturated carbocycles. The summed E-state index contributed by atoms with van der Waals surface area (Å²) in [5.74, 6) is 1.35. The maximum atomic E-state index is 12.6. The van der Waals surface area contributed by atoms with Crippen LogP contribution < -0.4 is 20.7 Å². The van der Waals surface area contributed by atoms with Crippen molar-refractivity contribution in [3.8, 4) is 5.75 Å². The predicted octanol–water partition coefficient (Wildman–Crippen LogP) is 2.10. The Morgan fingerprint density at radius 1 is 1.18 bits per heavy atom. The molecule has 3 N–H and O–H groups in total. The van der Waals surface area contributed by atoms with Crippen LogP contribution in [0.5, 0.6) is 5.75 Å². The van der Waals surface area contributed by atoms with E-state index in [0.717, 1.165) is 29.8 Å². The number of piperazine rings is 1. The number of rotatable bonds is 7. The highest BCUT2D eigenvalue weighted by Crippen LogP contribution is 2.19. The Balaban J connectivity index is 0.00000385. The SMILES string of the molecule is CN=C(NCCc1cc(C)ccc1OC)NCc1ccc(C(=O)N2CCNC(=O)C2)cc1.I. The smallest absolute Gasteiger partial charge is 0.254 e. The standard InChI is InChI=1S/C24H31N5O3.HI/c1-17-4-9-21(32-3)20(14-17)10-11-27-24(25-2)28-15-18-5-7-19(8-6-18)23(31)29-13-12-26-22(30)16-29;/h4-9,14H,10-13,15-16H2,1-3H3,(H,26,30)(H2,25,27,28);1H. The average molecular weight is 565 g/mol. The van der Waals surface area contributed by atoms with E-state index in [1.165, 1.54) is 5.56 Å². The minimum Gasteiger partial charge on any atom is -0.496 e. The molecule has 9 heteroatoms. The second-order valence-electron chi connectivity index (χ2n) is 7.69. The minimum absolute atomic E-state index is 0. The first-order valence-corrected chi connectivity index (χ1v) is 10.7. The first-order valence-electron chi connectivity index (χ1n) is 10.7. The van der Waals surface area contributed by atoms with E-state index in [9.17, 15) is 9.59 Å². The molecule has 1 aliphatic heterocycles. The molecular formula is C24H32IN5O3. The third-order valence-electron chi connectivity index (χ3n) is 5.33. The molecule has 2 amide bonds. The number of halogens is 1. The van der Waals surface area contributed by atoms with E-state index in [2.05, 4.69) is 33.9 Å². The highest BCUT2D eigenvalue weighted by molar-refractivity contribution is 14.0. The summed E-state index contributed by atoms with van der Waals surface area (Å²) in [5.41, 5.74) is 3.97. The van der Waals surface area contributed by atoms with Crippen LogP contribution in [-0.4, -0.2) is 63.0 Å². The second-order valence-corrected chi connectivity index (χ2v) is 7.69. The molecule has 0 bridgehead atoms. The van der Waals surface area contributed by atoms with Gasteiger partial charge in [0, 0.05) is 38.8 Å². The van der Waals surface area contributed by atoms with Gasteiger partial charge in [-0.05, 0) is 42.7 Å². The fourth-order valence-corrected chi connectivity index (χ4v) is 3.58. The van der Waals surface area contributed by atoms with Crippen LogP contribution in [0, 0.1) is 6.92 Å². The fraction of sp³-hybridized carbons (Fsp3) is 0.375. The third-order valence-corrected chi connectivity index (χ3v) is 5.33. The molecule has 1 aliphatic rings. The third kappa shape index (κ3) is 7.62. The summed E-state index contributed by atoms with van der Waals surface area (Å²) in [6, 6.07) is 13.6. The number of methoxy groups -OCH3 is 1. The lowest BCUT2D eigenvalue weighted by Gasteiger charge is -2.26. The molecule has 1 saturated heterocycles. The monoisotopic (exact) mass is 565 g/mol. The first kappa shape index (κ1) is 26.4. The number of aryl methyl sites for hydroxylation is 1. The topological polar surface area (TPSA) is 95.1 Å². The zero-order valence-electron chi connectivity index (χ0n) is 19.3. The molecule has 1 heterocycles. The van der Waals surface area contributed by atoms with Crippen molar-refractivity contribution in [2.24, 2.45) is 4.99 Å². The Morgan fingerprint density at radius 2 is 1.94 bits per heavy atom. The Labute approximate surface area is 212 Å². The molecule has 8 nitrogen and oxygen atoms in total. The summed E-state index contributed by atoms with van der Waals surface area (Å²) in [5, 5.41) is 9.34. The average Bonchev–Trinajstić information content (AvgIpc) is 2.81. The molecular weight excluding hydrogens is 533 g/mol. The van der Waals surface area contributed by atoms with E-state index >= 15 is 0 Å². The van der Waals surface area contributed by atoms with Gasteiger partial charge in [-0.1, -0.05) is 29.8 Å². The minimum atomic E-state index is -0.122. The number of nitrogens with one attached hydrogen (secondary N) is 3. The molecule has 1 fully saturated rings. The summed E-state index contributed by atoms with van der Waals surface area (Å²) < 4.78 is 5.44. The van der Waals surface area contributed by atoms with Crippen LogP contribution in [0.1, 0.15) is 27.0 Å². The maximum absolute atomic E-state index is 12.6. The molecule has 2 aromatic carbocycles. The number of aliphatic imine (C=N–C) groups is 1. The van der Waals surface area contributed by atoms with Crippen LogP contribution in [0.3, 0.4) is 0 Å². The van der Waals surface area contributed by atoms with Gasteiger partial charge in [0.1, 0.15) is 5.75 Å². The Morgan fingerprint density at radius 3 is 2.61 bits per heavy atom. The van der Waals surface area contributed by atoms with Crippen molar-refractivity contribution in [1.82, 2.24) is 20.9 Å². The van der Waals surface area contributed by atoms with Crippen molar-refractivity contribution >= 4 is 41.8 Å². The van der Waals surface area contributed by atoms with Gasteiger partial charge in [0.25, 0.3) is 5.91 Å². The summed E-state index contributed by atoms with van der Waals surface area (Å²) >= 11 is 0. The van der Waals surface area contributed by atoms with Crippen LogP contribution in [0.15, 0.2) is 47.5 Å². The van der Waals surface area contributed by atoms with Crippen molar-refractivity contribution < 1.29 is 14.3 Å². The fourth-order valence-electron chi connectivity index (χ4n) is 3.58. The van der Waals surface area contributed by atoms with E-state index in [4.69, 9.17) is 4.74 Å². The van der Waals surface area contributed by atoms with E-state index in [0.29, 0.717) is 31.2 Å². The van der Waals surface area contributed by atoms with Crippen LogP contribution in [0.25, 0.3) is 0 Å². The maximum Gasteiger partial charge on any atom is 0.254 e. The molecule has 0 aromatic heterocycles. The van der Waals surface area contributed by atoms with Crippen molar-refractivity contribution in [3.63, 3.8) is 0 Å². The molecule has 0 unspecified atom stereocenters. The lowest BCUT2D eigenvalue weighted by atomic mass is 10.1. The van der Waals surface area contributed by atoms with Gasteiger partial charge in [-0.15, -0.1) is 24.0 Å². The van der Waals surface area contributed by atoms with Crippen LogP contribution in [0.4, 0.5) is 0 Å². The van der Waals surface area contributed by atoms with Gasteiger partial charge in [0.2, 0.25) is 5.91 Å². The Kier molecular flexibility index (Phi) is 10.4. The van der Waals surface area contributed by atoms with Crippen molar-refractivity contribution in [1.29, 1.82) is 0 Å². The van der Waals surface area contributed by atoms with Crippen molar-refractivity contribution in [2.45, 2.75) is 19.9 Å². The van der Waals surface area contributed by atoms with Crippen LogP contribution >= 0.6 is 24.0 Å². The summed E-state index contributed by atoms with van der Waals surface area (Å²) in [6.07, 6.45) is 0.816. The highest BCUT2D eigenvalue weighted by atomic mass is 127. The van der Waals surface area contributed by atoms with Gasteiger partial charge in [-0.3, -0.25) is 14.6 Å². The number of guanidine groups is 1. The molecule has 0 aliphatic carbocycles. The van der Waals surface area contributed by atoms with E-state index < -0.39 is 0 Å². The first-order chi connectivity index (χ1) is 15.5. The number of amides is 2. The van der Waals surface area contributed by atoms with Gasteiger partial charge >= 0.3 is 0 Å². The van der Waals surface area contributed by atoms with Gasteiger partial charge in [0.15, 0.2) is 5.96 Å². The van der Waals surface area contributed by atoms with Gasteiger partial charge in [0.05, 0.1) is 13.7 Å². The van der Waals surface area contributed by atoms with Crippen molar-refractivity contribution in [2.75, 3.05) is 40.3 Å². The Bertz CT molecular complexity index is 979. The predicted molar refractivity (Wildman–Crippen MR) is 140 cm³/mol. The lowest BCUT2D eigenvalue weighted by molar-refractivity contribution is -0.123. The van der Waals surface area contributed by atoms with Gasteiger partial charge in [-0.2, -0.15) is 0 Å². The number of benzene rings is 2. The van der Waals surface area contributed by atoms with Gasteiger partial charge < -0.3 is 25.6 Å². The number of carbonyl (C=O) groups excluding carboxylic acids is 2. The number of nitrogens with zero attached hydrogens (tertiary/aromatic N) is 2. The van der Waals surface area contributed by atoms with Crippen LogP contribution in [-0.2, 0) is 17.8 Å². The zero-order valence-corrected chi connectivity index (χ0v) is 21.6. The highest BCUT2D eigenvalue weighted by Gasteiger charge is 2.22. The largest absolute Gasteiger partial charge is 0.496 e. The molecule has 33 heavy (non-hydrogen) atoms. The molecule has 2 aromatic rings. The van der Waals surface area contributed by atoms with Crippen molar-refractivity contribution in [3.05, 3.63) is 64.7 Å². The summed E-state index contributed by atoms with van der Waals surface area (Å²) in [7, 11) is 3.42. The molecule has 3 rings (SSSR count). The van der Waals surface area contributed by atoms with E-state index in [1.807, 2.05) is 24.3 Å². The van der Waals surface area contributed by atoms with E-state index in [1.54, 1.807) is 31.2 Å². The lowest BCUT2D eigenvalue weighted by Crippen LogP contribution is -2.49. The molecule has 0 atom stereocenters. The quantitative estimate of drug-likeness (QED) is 0.272. The normalized spacial score (nSPS) is 13.6. The zero-order chi connectivity index (χ0) is 22.9. The molecule has 0 spiro atoms. The van der Waals surface area contributed by atoms with E-state index in [-0.39, 0.29) is 42.3 Å². The molecule has 178 valence electrons. The second kappa shape index (κ2) is 13.0. The number of ether oxygens (including phenoxy) is 1. The van der Waals surface area contributed by atoms with Gasteiger partial charge in [-0.25, -0.2) is 0 Å². The Hall–Kier alpha value is -2.82. The van der Waals surface area contributed by atoms with Crippen LogP contribution in [0.2, 0.25) is 0 Å². The number of carbonyl (C=O) groups is 2. The summed E-state index contributed by atoms with van der Waals surface area (Å²) in [6.45, 7) is 4.50. The number of hydrogen-bond donors (Lipinski definition) is 3. The number of hydrogen-bond acceptors (Lipinski definition) is 4.